The minimum Gasteiger partial charge on any atom is -0.466 e. The lowest BCUT2D eigenvalue weighted by atomic mass is 9.80. The summed E-state index contributed by atoms with van der Waals surface area (Å²) < 4.78 is 34.1. The van der Waals surface area contributed by atoms with Gasteiger partial charge in [0.25, 0.3) is 12.3 Å². The van der Waals surface area contributed by atoms with Crippen molar-refractivity contribution < 1.29 is 32.3 Å². The van der Waals surface area contributed by atoms with Gasteiger partial charge in [0.1, 0.15) is 24.7 Å². The lowest BCUT2D eigenvalue weighted by Gasteiger charge is -2.36. The number of ether oxygens (including phenoxy) is 1. The molecular formula is C18H23F2N3O5. The molecular weight excluding hydrogens is 376 g/mol. The third-order valence-electron chi connectivity index (χ3n) is 5.11. The van der Waals surface area contributed by atoms with Crippen molar-refractivity contribution in [2.24, 2.45) is 5.92 Å². The van der Waals surface area contributed by atoms with Crippen molar-refractivity contribution in [2.45, 2.75) is 38.8 Å². The van der Waals surface area contributed by atoms with Gasteiger partial charge >= 0.3 is 0 Å². The molecule has 8 nitrogen and oxygen atoms in total. The highest BCUT2D eigenvalue weighted by molar-refractivity contribution is 5.97. The largest absolute Gasteiger partial charge is 0.466 e. The van der Waals surface area contributed by atoms with Crippen LogP contribution in [0.1, 0.15) is 28.3 Å². The Morgan fingerprint density at radius 2 is 2.11 bits per heavy atom. The van der Waals surface area contributed by atoms with E-state index in [9.17, 15) is 23.2 Å². The van der Waals surface area contributed by atoms with E-state index in [4.69, 9.17) is 4.42 Å². The van der Waals surface area contributed by atoms with E-state index in [0.29, 0.717) is 23.6 Å². The van der Waals surface area contributed by atoms with Crippen molar-refractivity contribution >= 4 is 17.7 Å². The maximum atomic E-state index is 12.2. The molecule has 1 aromatic rings. The third-order valence-corrected chi connectivity index (χ3v) is 5.11. The Morgan fingerprint density at radius 3 is 2.75 bits per heavy atom. The molecule has 2 N–H and O–H groups in total. The first-order chi connectivity index (χ1) is 13.3. The number of amides is 3. The molecule has 0 aromatic carbocycles. The summed E-state index contributed by atoms with van der Waals surface area (Å²) in [5, 5.41) is 5.38. The molecule has 2 saturated heterocycles. The van der Waals surface area contributed by atoms with Gasteiger partial charge < -0.3 is 24.7 Å². The highest BCUT2D eigenvalue weighted by Crippen LogP contribution is 2.41. The predicted octanol–water partition coefficient (Wildman–Crippen LogP) is 0.623. The lowest BCUT2D eigenvalue weighted by molar-refractivity contribution is -0.138. The number of carbonyl (C=O) groups is 3. The molecule has 0 radical (unpaired) electrons. The van der Waals surface area contributed by atoms with Gasteiger partial charge in [-0.25, -0.2) is 8.78 Å². The number of hydrogen-bond donors (Lipinski definition) is 2. The van der Waals surface area contributed by atoms with E-state index in [1.807, 2.05) is 0 Å². The molecule has 28 heavy (non-hydrogen) atoms. The number of carbonyl (C=O) groups excluding carboxylic acids is 3. The van der Waals surface area contributed by atoms with Crippen LogP contribution in [0.5, 0.6) is 0 Å². The fourth-order valence-corrected chi connectivity index (χ4v) is 3.79. The molecule has 3 heterocycles. The minimum atomic E-state index is -2.61. The number of alkyl halides is 2. The first-order valence-corrected chi connectivity index (χ1v) is 9.06. The molecule has 1 aromatic heterocycles. The van der Waals surface area contributed by atoms with E-state index in [0.717, 1.165) is 6.42 Å². The fourth-order valence-electron chi connectivity index (χ4n) is 3.79. The van der Waals surface area contributed by atoms with Gasteiger partial charge in [0, 0.05) is 12.5 Å². The first-order valence-electron chi connectivity index (χ1n) is 9.06. The van der Waals surface area contributed by atoms with Crippen molar-refractivity contribution in [2.75, 3.05) is 26.3 Å². The molecule has 3 amide bonds. The zero-order valence-corrected chi connectivity index (χ0v) is 15.7. The number of halogens is 2. The van der Waals surface area contributed by atoms with Crippen molar-refractivity contribution in [3.05, 3.63) is 23.2 Å². The van der Waals surface area contributed by atoms with E-state index in [2.05, 4.69) is 15.4 Å². The van der Waals surface area contributed by atoms with E-state index >= 15 is 0 Å². The molecule has 10 heteroatoms. The Labute approximate surface area is 160 Å². The standard InChI is InChI=1S/C18H23F2N3O5/c1-9-3-12(10(2)28-9)18(26)21-5-15(24)22-17-11-4-13(17)23(6-11)16(25)8-27-7-14(19)20/h3,11,13-14,17H,4-8H2,1-2H3,(H,21,26)(H,22,24). The zero-order valence-electron chi connectivity index (χ0n) is 15.7. The molecule has 2 aliphatic heterocycles. The van der Waals surface area contributed by atoms with Gasteiger partial charge in [0.05, 0.1) is 24.2 Å². The molecule has 3 atom stereocenters. The first kappa shape index (κ1) is 20.2. The second kappa shape index (κ2) is 8.26. The SMILES string of the molecule is Cc1cc(C(=O)NCC(=O)NC2C3CC2N(C(=O)COCC(F)F)C3)c(C)o1. The van der Waals surface area contributed by atoms with Crippen LogP contribution in [0.2, 0.25) is 0 Å². The molecule has 2 bridgehead atoms. The van der Waals surface area contributed by atoms with Crippen molar-refractivity contribution in [3.63, 3.8) is 0 Å². The Balaban J connectivity index is 1.43. The minimum absolute atomic E-state index is 0.127. The Morgan fingerprint density at radius 1 is 1.36 bits per heavy atom. The number of hydrogen-bond acceptors (Lipinski definition) is 5. The van der Waals surface area contributed by atoms with Gasteiger partial charge in [0.2, 0.25) is 11.8 Å². The summed E-state index contributed by atoms with van der Waals surface area (Å²) in [4.78, 5) is 37.9. The van der Waals surface area contributed by atoms with Crippen LogP contribution >= 0.6 is 0 Å². The topological polar surface area (TPSA) is 101 Å². The molecule has 3 aliphatic rings. The number of furan rings is 1. The van der Waals surface area contributed by atoms with Crippen LogP contribution in [0, 0.1) is 19.8 Å². The van der Waals surface area contributed by atoms with Gasteiger partial charge in [-0.2, -0.15) is 0 Å². The zero-order chi connectivity index (χ0) is 20.4. The van der Waals surface area contributed by atoms with Gasteiger partial charge in [-0.05, 0) is 26.3 Å². The average molecular weight is 399 g/mol. The number of fused-ring (bicyclic) bond motifs is 1. The van der Waals surface area contributed by atoms with Crippen LogP contribution in [0.3, 0.4) is 0 Å². The monoisotopic (exact) mass is 399 g/mol. The summed E-state index contributed by atoms with van der Waals surface area (Å²) in [6, 6.07) is 1.25. The van der Waals surface area contributed by atoms with E-state index in [1.165, 1.54) is 0 Å². The fraction of sp³-hybridized carbons (Fsp3) is 0.611. The Hall–Kier alpha value is -2.49. The molecule has 4 rings (SSSR count). The summed E-state index contributed by atoms with van der Waals surface area (Å²) in [6.07, 6.45) is -1.86. The number of nitrogens with zero attached hydrogens (tertiary/aromatic N) is 1. The van der Waals surface area contributed by atoms with Crippen LogP contribution in [0.25, 0.3) is 0 Å². The molecule has 154 valence electrons. The van der Waals surface area contributed by atoms with Gasteiger partial charge in [-0.3, -0.25) is 14.4 Å². The number of rotatable bonds is 8. The lowest BCUT2D eigenvalue weighted by Crippen LogP contribution is -2.57. The summed E-state index contributed by atoms with van der Waals surface area (Å²) in [5.74, 6) is 0.116. The van der Waals surface area contributed by atoms with Gasteiger partial charge in [0.15, 0.2) is 0 Å². The third kappa shape index (κ3) is 4.32. The Kier molecular flexibility index (Phi) is 5.97. The average Bonchev–Trinajstić information content (AvgIpc) is 3.30. The van der Waals surface area contributed by atoms with Crippen LogP contribution in [-0.2, 0) is 14.3 Å². The molecule has 1 aliphatic carbocycles. The maximum Gasteiger partial charge on any atom is 0.261 e. The summed E-state index contributed by atoms with van der Waals surface area (Å²) >= 11 is 0. The second-order valence-corrected chi connectivity index (χ2v) is 7.12. The Bertz CT molecular complexity index is 766. The highest BCUT2D eigenvalue weighted by atomic mass is 19.3. The van der Waals surface area contributed by atoms with Gasteiger partial charge in [-0.1, -0.05) is 0 Å². The van der Waals surface area contributed by atoms with E-state index in [-0.39, 0.29) is 36.4 Å². The quantitative estimate of drug-likeness (QED) is 0.668. The van der Waals surface area contributed by atoms with Crippen molar-refractivity contribution in [1.29, 1.82) is 0 Å². The van der Waals surface area contributed by atoms with Crippen molar-refractivity contribution in [3.8, 4) is 0 Å². The normalized spacial score (nSPS) is 22.9. The summed E-state index contributed by atoms with van der Waals surface area (Å²) in [7, 11) is 0. The summed E-state index contributed by atoms with van der Waals surface area (Å²) in [5.41, 5.74) is 0.384. The summed E-state index contributed by atoms with van der Waals surface area (Å²) in [6.45, 7) is 2.51. The molecule has 0 spiro atoms. The molecule has 1 saturated carbocycles. The van der Waals surface area contributed by atoms with Crippen LogP contribution in [0.4, 0.5) is 8.78 Å². The maximum absolute atomic E-state index is 12.2. The van der Waals surface area contributed by atoms with Crippen LogP contribution < -0.4 is 10.6 Å². The van der Waals surface area contributed by atoms with Crippen LogP contribution in [0.15, 0.2) is 10.5 Å². The molecule has 3 unspecified atom stereocenters. The number of aryl methyl sites for hydroxylation is 2. The predicted molar refractivity (Wildman–Crippen MR) is 92.9 cm³/mol. The van der Waals surface area contributed by atoms with Gasteiger partial charge in [-0.15, -0.1) is 0 Å². The smallest absolute Gasteiger partial charge is 0.261 e. The van der Waals surface area contributed by atoms with Crippen LogP contribution in [-0.4, -0.2) is 67.4 Å². The number of nitrogens with one attached hydrogen (secondary N) is 2. The van der Waals surface area contributed by atoms with E-state index in [1.54, 1.807) is 24.8 Å². The molecule has 3 fully saturated rings. The second-order valence-electron chi connectivity index (χ2n) is 7.12. The highest BCUT2D eigenvalue weighted by Gasteiger charge is 2.54. The van der Waals surface area contributed by atoms with Crippen molar-refractivity contribution in [1.82, 2.24) is 15.5 Å². The van der Waals surface area contributed by atoms with E-state index < -0.39 is 25.5 Å².